The summed E-state index contributed by atoms with van der Waals surface area (Å²) in [6, 6.07) is 8.16. The maximum absolute atomic E-state index is 10.7. The Bertz CT molecular complexity index is 559. The van der Waals surface area contributed by atoms with E-state index < -0.39 is 5.97 Å². The highest BCUT2D eigenvalue weighted by atomic mass is 16.4. The van der Waals surface area contributed by atoms with Crippen LogP contribution in [0.25, 0.3) is 11.1 Å². The first-order valence-corrected chi connectivity index (χ1v) is 7.37. The van der Waals surface area contributed by atoms with E-state index in [0.717, 1.165) is 24.1 Å². The summed E-state index contributed by atoms with van der Waals surface area (Å²) in [5, 5.41) is 12.0. The fourth-order valence-electron chi connectivity index (χ4n) is 2.43. The van der Waals surface area contributed by atoms with Crippen LogP contribution < -0.4 is 5.32 Å². The average Bonchev–Trinajstić information content (AvgIpc) is 2.84. The van der Waals surface area contributed by atoms with Crippen LogP contribution in [0.4, 0.5) is 6.01 Å². The zero-order valence-electron chi connectivity index (χ0n) is 12.5. The molecular formula is C16H22N2O3. The number of carboxylic acid groups (broad SMARTS) is 1. The smallest absolute Gasteiger partial charge is 0.303 e. The maximum Gasteiger partial charge on any atom is 0.303 e. The second-order valence-electron chi connectivity index (χ2n) is 5.64. The standard InChI is InChI=1S/C16H22N2O3/c1-11(2)12(7-8-15(19)20)9-10-17-16-18-13-5-3-4-6-14(13)21-16/h3-6,11-12H,7-10H2,1-2H3,(H,17,18)(H,19,20). The molecule has 1 unspecified atom stereocenters. The van der Waals surface area contributed by atoms with Gasteiger partial charge in [-0.3, -0.25) is 4.79 Å². The van der Waals surface area contributed by atoms with Gasteiger partial charge in [-0.2, -0.15) is 4.98 Å². The van der Waals surface area contributed by atoms with Crippen LogP contribution in [0.5, 0.6) is 0 Å². The monoisotopic (exact) mass is 290 g/mol. The van der Waals surface area contributed by atoms with Gasteiger partial charge in [-0.1, -0.05) is 26.0 Å². The first kappa shape index (κ1) is 15.4. The molecule has 0 saturated heterocycles. The predicted molar refractivity (Wildman–Crippen MR) is 82.3 cm³/mol. The third kappa shape index (κ3) is 4.48. The number of fused-ring (bicyclic) bond motifs is 1. The number of carbonyl (C=O) groups is 1. The van der Waals surface area contributed by atoms with Crippen LogP contribution in [-0.4, -0.2) is 22.6 Å². The van der Waals surface area contributed by atoms with E-state index in [4.69, 9.17) is 9.52 Å². The van der Waals surface area contributed by atoms with Crippen LogP contribution in [-0.2, 0) is 4.79 Å². The SMILES string of the molecule is CC(C)C(CCNc1nc2ccccc2o1)CCC(=O)O. The summed E-state index contributed by atoms with van der Waals surface area (Å²) in [5.74, 6) is 0.125. The van der Waals surface area contributed by atoms with Crippen molar-refractivity contribution in [3.8, 4) is 0 Å². The fraction of sp³-hybridized carbons (Fsp3) is 0.500. The van der Waals surface area contributed by atoms with Gasteiger partial charge in [0.05, 0.1) is 0 Å². The predicted octanol–water partition coefficient (Wildman–Crippen LogP) is 3.77. The lowest BCUT2D eigenvalue weighted by Crippen LogP contribution is -2.15. The van der Waals surface area contributed by atoms with Crippen molar-refractivity contribution in [3.63, 3.8) is 0 Å². The van der Waals surface area contributed by atoms with Gasteiger partial charge in [0.1, 0.15) is 5.52 Å². The van der Waals surface area contributed by atoms with Crippen molar-refractivity contribution >= 4 is 23.1 Å². The molecule has 0 aliphatic heterocycles. The molecule has 21 heavy (non-hydrogen) atoms. The third-order valence-corrected chi connectivity index (χ3v) is 3.76. The van der Waals surface area contributed by atoms with Crippen LogP contribution in [0, 0.1) is 11.8 Å². The number of nitrogens with one attached hydrogen (secondary N) is 1. The first-order chi connectivity index (χ1) is 10.1. The van der Waals surface area contributed by atoms with Crippen LogP contribution >= 0.6 is 0 Å². The molecule has 0 aliphatic carbocycles. The molecule has 1 heterocycles. The average molecular weight is 290 g/mol. The Morgan fingerprint density at radius 2 is 2.10 bits per heavy atom. The normalized spacial score (nSPS) is 12.7. The third-order valence-electron chi connectivity index (χ3n) is 3.76. The van der Waals surface area contributed by atoms with E-state index in [1.807, 2.05) is 24.3 Å². The molecule has 0 fully saturated rings. The molecule has 1 aromatic heterocycles. The highest BCUT2D eigenvalue weighted by molar-refractivity contribution is 5.74. The van der Waals surface area contributed by atoms with Gasteiger partial charge in [-0.15, -0.1) is 0 Å². The summed E-state index contributed by atoms with van der Waals surface area (Å²) in [7, 11) is 0. The van der Waals surface area contributed by atoms with Crippen molar-refractivity contribution in [2.24, 2.45) is 11.8 Å². The number of nitrogens with zero attached hydrogens (tertiary/aromatic N) is 1. The van der Waals surface area contributed by atoms with Crippen molar-refractivity contribution in [2.45, 2.75) is 33.1 Å². The Morgan fingerprint density at radius 1 is 1.33 bits per heavy atom. The van der Waals surface area contributed by atoms with Gasteiger partial charge in [0.2, 0.25) is 0 Å². The first-order valence-electron chi connectivity index (χ1n) is 7.37. The van der Waals surface area contributed by atoms with Crippen molar-refractivity contribution < 1.29 is 14.3 Å². The van der Waals surface area contributed by atoms with Crippen LogP contribution in [0.2, 0.25) is 0 Å². The summed E-state index contributed by atoms with van der Waals surface area (Å²) >= 11 is 0. The van der Waals surface area contributed by atoms with Gasteiger partial charge < -0.3 is 14.8 Å². The number of rotatable bonds is 8. The Labute approximate surface area is 124 Å². The quantitative estimate of drug-likeness (QED) is 0.774. The van der Waals surface area contributed by atoms with E-state index in [-0.39, 0.29) is 6.42 Å². The lowest BCUT2D eigenvalue weighted by molar-refractivity contribution is -0.137. The van der Waals surface area contributed by atoms with Gasteiger partial charge in [0, 0.05) is 13.0 Å². The van der Waals surface area contributed by atoms with Gasteiger partial charge >= 0.3 is 5.97 Å². The number of anilines is 1. The second kappa shape index (κ2) is 7.11. The molecule has 2 N–H and O–H groups in total. The molecule has 1 atom stereocenters. The van der Waals surface area contributed by atoms with Crippen LogP contribution in [0.1, 0.15) is 33.1 Å². The van der Waals surface area contributed by atoms with Gasteiger partial charge in [-0.25, -0.2) is 0 Å². The molecule has 5 heteroatoms. The Balaban J connectivity index is 1.85. The van der Waals surface area contributed by atoms with Crippen molar-refractivity contribution in [1.29, 1.82) is 0 Å². The van der Waals surface area contributed by atoms with E-state index in [0.29, 0.717) is 24.3 Å². The number of aliphatic carboxylic acids is 1. The number of aromatic nitrogens is 1. The lowest BCUT2D eigenvalue weighted by atomic mass is 9.88. The lowest BCUT2D eigenvalue weighted by Gasteiger charge is -2.19. The Morgan fingerprint density at radius 3 is 2.76 bits per heavy atom. The largest absolute Gasteiger partial charge is 0.481 e. The van der Waals surface area contributed by atoms with Crippen LogP contribution in [0.15, 0.2) is 28.7 Å². The number of carboxylic acids is 1. The minimum Gasteiger partial charge on any atom is -0.481 e. The topological polar surface area (TPSA) is 75.4 Å². The zero-order chi connectivity index (χ0) is 15.2. The van der Waals surface area contributed by atoms with Crippen molar-refractivity contribution in [1.82, 2.24) is 4.98 Å². The highest BCUT2D eigenvalue weighted by Crippen LogP contribution is 2.22. The summed E-state index contributed by atoms with van der Waals surface area (Å²) < 4.78 is 5.59. The highest BCUT2D eigenvalue weighted by Gasteiger charge is 2.15. The molecule has 0 bridgehead atoms. The van der Waals surface area contributed by atoms with E-state index in [9.17, 15) is 4.79 Å². The number of hydrogen-bond acceptors (Lipinski definition) is 4. The van der Waals surface area contributed by atoms with E-state index >= 15 is 0 Å². The van der Waals surface area contributed by atoms with E-state index in [2.05, 4.69) is 24.1 Å². The van der Waals surface area contributed by atoms with Gasteiger partial charge in [0.25, 0.3) is 6.01 Å². The van der Waals surface area contributed by atoms with E-state index in [1.54, 1.807) is 0 Å². The summed E-state index contributed by atoms with van der Waals surface area (Å²) in [6.07, 6.45) is 1.84. The van der Waals surface area contributed by atoms with Gasteiger partial charge in [-0.05, 0) is 36.8 Å². The number of benzene rings is 1. The van der Waals surface area contributed by atoms with Gasteiger partial charge in [0.15, 0.2) is 5.58 Å². The maximum atomic E-state index is 10.7. The summed E-state index contributed by atoms with van der Waals surface area (Å²) in [6.45, 7) is 4.99. The molecule has 0 amide bonds. The number of oxazole rings is 1. The molecule has 2 aromatic rings. The molecule has 0 spiro atoms. The molecule has 114 valence electrons. The molecule has 2 rings (SSSR count). The summed E-state index contributed by atoms with van der Waals surface area (Å²) in [5.41, 5.74) is 1.61. The van der Waals surface area contributed by atoms with E-state index in [1.165, 1.54) is 0 Å². The Kier molecular flexibility index (Phi) is 5.20. The number of para-hydroxylation sites is 2. The zero-order valence-corrected chi connectivity index (χ0v) is 12.5. The van der Waals surface area contributed by atoms with Crippen LogP contribution in [0.3, 0.4) is 0 Å². The molecule has 1 aromatic carbocycles. The minimum atomic E-state index is -0.729. The molecule has 0 saturated carbocycles. The minimum absolute atomic E-state index is 0.228. The molecular weight excluding hydrogens is 268 g/mol. The Hall–Kier alpha value is -2.04. The molecule has 5 nitrogen and oxygen atoms in total. The molecule has 0 radical (unpaired) electrons. The van der Waals surface area contributed by atoms with Crippen molar-refractivity contribution in [2.75, 3.05) is 11.9 Å². The second-order valence-corrected chi connectivity index (χ2v) is 5.64. The number of hydrogen-bond donors (Lipinski definition) is 2. The molecule has 0 aliphatic rings. The summed E-state index contributed by atoms with van der Waals surface area (Å²) in [4.78, 5) is 15.0. The fourth-order valence-corrected chi connectivity index (χ4v) is 2.43. The van der Waals surface area contributed by atoms with Crippen molar-refractivity contribution in [3.05, 3.63) is 24.3 Å².